The van der Waals surface area contributed by atoms with Crippen LogP contribution in [0.15, 0.2) is 4.99 Å². The zero-order valence-corrected chi connectivity index (χ0v) is 16.2. The number of carbonyl (C=O) groups is 4. The second-order valence-electron chi connectivity index (χ2n) is 6.82. The van der Waals surface area contributed by atoms with Gasteiger partial charge in [-0.3, -0.25) is 19.4 Å². The molecule has 0 spiro atoms. The predicted molar refractivity (Wildman–Crippen MR) is 103 cm³/mol. The van der Waals surface area contributed by atoms with E-state index >= 15 is 0 Å². The number of aliphatic carboxylic acids is 1. The van der Waals surface area contributed by atoms with Gasteiger partial charge in [0.05, 0.1) is 12.5 Å². The van der Waals surface area contributed by atoms with E-state index < -0.39 is 48.2 Å². The molecule has 3 atom stereocenters. The standard InChI is InChI=1S/C16H31N7O5/c1-8(2)6-11(15(27)28)23-14(26)10(7-12(18)24)22-13(25)9(17)4-3-5-21-16(19)20/h8-11H,3-7,17H2,1-2H3,(H2,18,24)(H,22,25)(H,23,26)(H,27,28)(H4,19,20,21). The molecule has 28 heavy (non-hydrogen) atoms. The number of aliphatic imine (C=N–C) groups is 1. The van der Waals surface area contributed by atoms with Crippen LogP contribution in [-0.4, -0.2) is 59.4 Å². The number of guanidine groups is 1. The number of hydrogen-bond donors (Lipinski definition) is 7. The second-order valence-corrected chi connectivity index (χ2v) is 6.82. The monoisotopic (exact) mass is 401 g/mol. The largest absolute Gasteiger partial charge is 0.480 e. The summed E-state index contributed by atoms with van der Waals surface area (Å²) < 4.78 is 0. The SMILES string of the molecule is CC(C)CC(NC(=O)C(CC(N)=O)NC(=O)C(N)CCCN=C(N)N)C(=O)O. The Morgan fingerprint density at radius 1 is 1.00 bits per heavy atom. The molecule has 0 saturated heterocycles. The van der Waals surface area contributed by atoms with E-state index in [1.54, 1.807) is 13.8 Å². The normalized spacial score (nSPS) is 13.9. The number of carboxylic acids is 1. The Morgan fingerprint density at radius 3 is 2.04 bits per heavy atom. The molecular weight excluding hydrogens is 370 g/mol. The minimum Gasteiger partial charge on any atom is -0.480 e. The molecule has 12 nitrogen and oxygen atoms in total. The van der Waals surface area contributed by atoms with Crippen LogP contribution in [0.2, 0.25) is 0 Å². The lowest BCUT2D eigenvalue weighted by Crippen LogP contribution is -2.55. The number of nitrogens with two attached hydrogens (primary N) is 4. The van der Waals surface area contributed by atoms with Gasteiger partial charge in [0, 0.05) is 6.54 Å². The van der Waals surface area contributed by atoms with Crippen LogP contribution >= 0.6 is 0 Å². The number of primary amides is 1. The first kappa shape index (κ1) is 25.1. The van der Waals surface area contributed by atoms with E-state index in [-0.39, 0.29) is 31.3 Å². The summed E-state index contributed by atoms with van der Waals surface area (Å²) in [5.74, 6) is -3.63. The summed E-state index contributed by atoms with van der Waals surface area (Å²) >= 11 is 0. The topological polar surface area (TPSA) is 229 Å². The van der Waals surface area contributed by atoms with E-state index in [0.29, 0.717) is 6.42 Å². The third-order valence-corrected chi connectivity index (χ3v) is 3.66. The molecule has 0 bridgehead atoms. The molecule has 160 valence electrons. The Balaban J connectivity index is 4.93. The highest BCUT2D eigenvalue weighted by Crippen LogP contribution is 2.06. The van der Waals surface area contributed by atoms with E-state index in [9.17, 15) is 24.3 Å². The van der Waals surface area contributed by atoms with Gasteiger partial charge < -0.3 is 38.7 Å². The molecule has 3 amide bonds. The first-order valence-corrected chi connectivity index (χ1v) is 8.86. The van der Waals surface area contributed by atoms with Crippen molar-refractivity contribution in [2.75, 3.05) is 6.54 Å². The fourth-order valence-electron chi connectivity index (χ4n) is 2.30. The van der Waals surface area contributed by atoms with E-state index in [1.807, 2.05) is 0 Å². The van der Waals surface area contributed by atoms with Gasteiger partial charge in [0.2, 0.25) is 17.7 Å². The van der Waals surface area contributed by atoms with Crippen LogP contribution in [0.4, 0.5) is 0 Å². The number of carboxylic acid groups (broad SMARTS) is 1. The van der Waals surface area contributed by atoms with Crippen LogP contribution in [0.25, 0.3) is 0 Å². The summed E-state index contributed by atoms with van der Waals surface area (Å²) in [6, 6.07) is -3.46. The lowest BCUT2D eigenvalue weighted by Gasteiger charge is -2.22. The van der Waals surface area contributed by atoms with Crippen molar-refractivity contribution < 1.29 is 24.3 Å². The Hall–Kier alpha value is -2.89. The van der Waals surface area contributed by atoms with Crippen LogP contribution in [0.3, 0.4) is 0 Å². The summed E-state index contributed by atoms with van der Waals surface area (Å²) in [6.07, 6.45) is 0.349. The minimum absolute atomic E-state index is 0.00391. The summed E-state index contributed by atoms with van der Waals surface area (Å²) in [6.45, 7) is 3.88. The fraction of sp³-hybridized carbons (Fsp3) is 0.688. The summed E-state index contributed by atoms with van der Waals surface area (Å²) in [5, 5.41) is 13.9. The summed E-state index contributed by atoms with van der Waals surface area (Å²) in [4.78, 5) is 50.9. The Labute approximate surface area is 163 Å². The minimum atomic E-state index is -1.33. The molecule has 0 radical (unpaired) electrons. The van der Waals surface area contributed by atoms with Crippen molar-refractivity contribution in [1.82, 2.24) is 10.6 Å². The van der Waals surface area contributed by atoms with Gasteiger partial charge in [-0.05, 0) is 25.2 Å². The van der Waals surface area contributed by atoms with Crippen molar-refractivity contribution >= 4 is 29.7 Å². The molecule has 0 aromatic heterocycles. The number of rotatable bonds is 13. The van der Waals surface area contributed by atoms with E-state index in [2.05, 4.69) is 15.6 Å². The van der Waals surface area contributed by atoms with Gasteiger partial charge in [0.1, 0.15) is 12.1 Å². The number of hydrogen-bond acceptors (Lipinski definition) is 6. The highest BCUT2D eigenvalue weighted by atomic mass is 16.4. The maximum atomic E-state index is 12.4. The van der Waals surface area contributed by atoms with Crippen molar-refractivity contribution in [3.63, 3.8) is 0 Å². The van der Waals surface area contributed by atoms with Gasteiger partial charge >= 0.3 is 5.97 Å². The molecule has 11 N–H and O–H groups in total. The number of nitrogens with one attached hydrogen (secondary N) is 2. The summed E-state index contributed by atoms with van der Waals surface area (Å²) in [7, 11) is 0. The highest BCUT2D eigenvalue weighted by molar-refractivity contribution is 5.94. The molecule has 0 rings (SSSR count). The lowest BCUT2D eigenvalue weighted by molar-refractivity contribution is -0.142. The first-order valence-electron chi connectivity index (χ1n) is 8.86. The van der Waals surface area contributed by atoms with Crippen LogP contribution in [0.5, 0.6) is 0 Å². The summed E-state index contributed by atoms with van der Waals surface area (Å²) in [5.41, 5.74) is 21.3. The van der Waals surface area contributed by atoms with Gasteiger partial charge in [-0.2, -0.15) is 0 Å². The van der Waals surface area contributed by atoms with Crippen molar-refractivity contribution in [3.05, 3.63) is 0 Å². The number of carbonyl (C=O) groups excluding carboxylic acids is 3. The lowest BCUT2D eigenvalue weighted by atomic mass is 10.0. The van der Waals surface area contributed by atoms with Gasteiger partial charge in [0.15, 0.2) is 5.96 Å². The molecule has 0 aliphatic rings. The predicted octanol–water partition coefficient (Wildman–Crippen LogP) is -2.66. The third kappa shape index (κ3) is 11.0. The molecule has 0 aromatic carbocycles. The van der Waals surface area contributed by atoms with Crippen LogP contribution in [-0.2, 0) is 19.2 Å². The molecule has 0 fully saturated rings. The van der Waals surface area contributed by atoms with Crippen molar-refractivity contribution in [3.8, 4) is 0 Å². The van der Waals surface area contributed by atoms with Crippen LogP contribution < -0.4 is 33.6 Å². The molecule has 0 aliphatic carbocycles. The molecule has 0 aromatic rings. The maximum absolute atomic E-state index is 12.4. The van der Waals surface area contributed by atoms with E-state index in [0.717, 1.165) is 0 Å². The van der Waals surface area contributed by atoms with Crippen LogP contribution in [0, 0.1) is 5.92 Å². The van der Waals surface area contributed by atoms with Crippen molar-refractivity contribution in [2.24, 2.45) is 33.8 Å². The average molecular weight is 401 g/mol. The van der Waals surface area contributed by atoms with Crippen molar-refractivity contribution in [2.45, 2.75) is 57.7 Å². The quantitative estimate of drug-likeness (QED) is 0.0975. The third-order valence-electron chi connectivity index (χ3n) is 3.66. The van der Waals surface area contributed by atoms with Gasteiger partial charge in [-0.15, -0.1) is 0 Å². The zero-order chi connectivity index (χ0) is 21.9. The molecule has 0 heterocycles. The zero-order valence-electron chi connectivity index (χ0n) is 16.2. The molecular formula is C16H31N7O5. The number of amides is 3. The van der Waals surface area contributed by atoms with E-state index in [4.69, 9.17) is 22.9 Å². The molecule has 0 saturated carbocycles. The Kier molecular flexibility index (Phi) is 11.2. The molecule has 0 aliphatic heterocycles. The average Bonchev–Trinajstić information content (AvgIpc) is 2.55. The van der Waals surface area contributed by atoms with Crippen molar-refractivity contribution in [1.29, 1.82) is 0 Å². The van der Waals surface area contributed by atoms with Gasteiger partial charge in [-0.1, -0.05) is 13.8 Å². The second kappa shape index (κ2) is 12.5. The smallest absolute Gasteiger partial charge is 0.326 e. The Morgan fingerprint density at radius 2 is 1.57 bits per heavy atom. The van der Waals surface area contributed by atoms with Crippen LogP contribution in [0.1, 0.15) is 39.5 Å². The van der Waals surface area contributed by atoms with Gasteiger partial charge in [0.25, 0.3) is 0 Å². The highest BCUT2D eigenvalue weighted by Gasteiger charge is 2.29. The molecule has 12 heteroatoms. The maximum Gasteiger partial charge on any atom is 0.326 e. The van der Waals surface area contributed by atoms with Gasteiger partial charge in [-0.25, -0.2) is 4.79 Å². The number of nitrogens with zero attached hydrogens (tertiary/aromatic N) is 1. The van der Waals surface area contributed by atoms with E-state index in [1.165, 1.54) is 0 Å². The molecule has 3 unspecified atom stereocenters. The Bertz CT molecular complexity index is 590. The first-order chi connectivity index (χ1) is 12.9. The fourth-order valence-corrected chi connectivity index (χ4v) is 2.30.